The summed E-state index contributed by atoms with van der Waals surface area (Å²) >= 11 is 6.05. The zero-order valence-corrected chi connectivity index (χ0v) is 17.3. The van der Waals surface area contributed by atoms with Gasteiger partial charge in [0.05, 0.1) is 5.52 Å². The van der Waals surface area contributed by atoms with Gasteiger partial charge in [0.15, 0.2) is 0 Å². The second-order valence-corrected chi connectivity index (χ2v) is 7.69. The van der Waals surface area contributed by atoms with Crippen molar-refractivity contribution in [3.8, 4) is 0 Å². The molecule has 154 valence electrons. The Morgan fingerprint density at radius 2 is 2.00 bits per heavy atom. The summed E-state index contributed by atoms with van der Waals surface area (Å²) in [5, 5.41) is 7.65. The first kappa shape index (κ1) is 20.1. The molecule has 1 atom stereocenters. The normalized spacial score (nSPS) is 15.9. The number of hydrogen-bond donors (Lipinski definition) is 2. The lowest BCUT2D eigenvalue weighted by Gasteiger charge is -2.17. The van der Waals surface area contributed by atoms with Crippen molar-refractivity contribution in [1.82, 2.24) is 14.9 Å². The number of amides is 2. The molecule has 0 bridgehead atoms. The minimum Gasteiger partial charge on any atom is -0.350 e. The molecule has 2 N–H and O–H groups in total. The van der Waals surface area contributed by atoms with Crippen LogP contribution < -0.4 is 10.6 Å². The summed E-state index contributed by atoms with van der Waals surface area (Å²) in [6, 6.07) is 12.6. The number of halogens is 1. The molecule has 0 saturated carbocycles. The third-order valence-electron chi connectivity index (χ3n) is 5.09. The van der Waals surface area contributed by atoms with Crippen LogP contribution in [-0.4, -0.2) is 45.8 Å². The molecule has 2 aromatic carbocycles. The van der Waals surface area contributed by atoms with Crippen LogP contribution in [0.15, 0.2) is 48.7 Å². The predicted molar refractivity (Wildman–Crippen MR) is 118 cm³/mol. The SMILES string of the molecule is CCC(=O)Nc1ccc(C(=O)N2CCC(Nc3ncc4ccc(Cl)cc4n3)C2)cc1. The molecule has 1 saturated heterocycles. The molecule has 1 aromatic heterocycles. The topological polar surface area (TPSA) is 87.2 Å². The van der Waals surface area contributed by atoms with Crippen molar-refractivity contribution >= 4 is 46.0 Å². The molecule has 0 spiro atoms. The molecule has 30 heavy (non-hydrogen) atoms. The molecular formula is C22H22ClN5O2. The zero-order chi connectivity index (χ0) is 21.1. The van der Waals surface area contributed by atoms with Crippen molar-refractivity contribution in [2.24, 2.45) is 0 Å². The van der Waals surface area contributed by atoms with Crippen LogP contribution in [0.1, 0.15) is 30.1 Å². The molecule has 1 aliphatic rings. The average molecular weight is 424 g/mol. The minimum absolute atomic E-state index is 0.0288. The van der Waals surface area contributed by atoms with Gasteiger partial charge in [-0.1, -0.05) is 18.5 Å². The number of nitrogens with zero attached hydrogens (tertiary/aromatic N) is 3. The van der Waals surface area contributed by atoms with Crippen LogP contribution in [0.3, 0.4) is 0 Å². The highest BCUT2D eigenvalue weighted by Gasteiger charge is 2.27. The van der Waals surface area contributed by atoms with Gasteiger partial charge in [-0.3, -0.25) is 9.59 Å². The lowest BCUT2D eigenvalue weighted by molar-refractivity contribution is -0.115. The van der Waals surface area contributed by atoms with Gasteiger partial charge in [-0.05, 0) is 48.9 Å². The molecule has 2 heterocycles. The summed E-state index contributed by atoms with van der Waals surface area (Å²) in [4.78, 5) is 35.0. The fourth-order valence-corrected chi connectivity index (χ4v) is 3.61. The van der Waals surface area contributed by atoms with Gasteiger partial charge in [-0.2, -0.15) is 0 Å². The summed E-state index contributed by atoms with van der Waals surface area (Å²) in [7, 11) is 0. The predicted octanol–water partition coefficient (Wildman–Crippen LogP) is 3.96. The van der Waals surface area contributed by atoms with Gasteiger partial charge in [0.25, 0.3) is 5.91 Å². The smallest absolute Gasteiger partial charge is 0.253 e. The second-order valence-electron chi connectivity index (χ2n) is 7.26. The van der Waals surface area contributed by atoms with E-state index in [9.17, 15) is 9.59 Å². The van der Waals surface area contributed by atoms with Crippen molar-refractivity contribution in [2.45, 2.75) is 25.8 Å². The number of rotatable bonds is 5. The molecule has 8 heteroatoms. The Hall–Kier alpha value is -3.19. The summed E-state index contributed by atoms with van der Waals surface area (Å²) < 4.78 is 0. The maximum absolute atomic E-state index is 12.8. The maximum atomic E-state index is 12.8. The van der Waals surface area contributed by atoms with E-state index in [1.54, 1.807) is 43.5 Å². The quantitative estimate of drug-likeness (QED) is 0.648. The van der Waals surface area contributed by atoms with E-state index in [0.29, 0.717) is 41.7 Å². The van der Waals surface area contributed by atoms with Gasteiger partial charge < -0.3 is 15.5 Å². The summed E-state index contributed by atoms with van der Waals surface area (Å²) in [6.07, 6.45) is 2.99. The van der Waals surface area contributed by atoms with Gasteiger partial charge in [-0.25, -0.2) is 9.97 Å². The highest BCUT2D eigenvalue weighted by molar-refractivity contribution is 6.31. The lowest BCUT2D eigenvalue weighted by Crippen LogP contribution is -2.31. The Morgan fingerprint density at radius 3 is 2.77 bits per heavy atom. The number of nitrogens with one attached hydrogen (secondary N) is 2. The van der Waals surface area contributed by atoms with Gasteiger partial charge in [0.1, 0.15) is 0 Å². The fraction of sp³-hybridized carbons (Fsp3) is 0.273. The Bertz CT molecular complexity index is 1090. The number of anilines is 2. The summed E-state index contributed by atoms with van der Waals surface area (Å²) in [5.41, 5.74) is 2.07. The summed E-state index contributed by atoms with van der Waals surface area (Å²) in [5.74, 6) is 0.444. The van der Waals surface area contributed by atoms with E-state index in [1.807, 2.05) is 17.0 Å². The van der Waals surface area contributed by atoms with E-state index in [2.05, 4.69) is 20.6 Å². The van der Waals surface area contributed by atoms with Gasteiger partial charge in [0.2, 0.25) is 11.9 Å². The standard InChI is InChI=1S/C22H22ClN5O2/c1-2-20(29)25-17-7-4-14(5-8-17)21(30)28-10-9-18(13-28)26-22-24-12-15-3-6-16(23)11-19(15)27-22/h3-8,11-12,18H,2,9-10,13H2,1H3,(H,25,29)(H,24,26,27). The van der Waals surface area contributed by atoms with Crippen molar-refractivity contribution < 1.29 is 9.59 Å². The van der Waals surface area contributed by atoms with Crippen LogP contribution in [0.4, 0.5) is 11.6 Å². The van der Waals surface area contributed by atoms with Crippen molar-refractivity contribution in [3.05, 3.63) is 59.2 Å². The molecular weight excluding hydrogens is 402 g/mol. The first-order valence-corrected chi connectivity index (χ1v) is 10.3. The van der Waals surface area contributed by atoms with E-state index >= 15 is 0 Å². The Balaban J connectivity index is 1.38. The van der Waals surface area contributed by atoms with E-state index < -0.39 is 0 Å². The van der Waals surface area contributed by atoms with E-state index in [1.165, 1.54) is 0 Å². The number of benzene rings is 2. The number of carbonyl (C=O) groups is 2. The van der Waals surface area contributed by atoms with E-state index in [0.717, 1.165) is 17.3 Å². The number of fused-ring (bicyclic) bond motifs is 1. The van der Waals surface area contributed by atoms with Crippen molar-refractivity contribution in [3.63, 3.8) is 0 Å². The molecule has 0 aliphatic carbocycles. The van der Waals surface area contributed by atoms with Crippen LogP contribution >= 0.6 is 11.6 Å². The number of carbonyl (C=O) groups excluding carboxylic acids is 2. The monoisotopic (exact) mass is 423 g/mol. The van der Waals surface area contributed by atoms with Crippen molar-refractivity contribution in [1.29, 1.82) is 0 Å². The van der Waals surface area contributed by atoms with Crippen LogP contribution in [0.25, 0.3) is 10.9 Å². The van der Waals surface area contributed by atoms with Gasteiger partial charge in [-0.15, -0.1) is 0 Å². The molecule has 7 nitrogen and oxygen atoms in total. The number of likely N-dealkylation sites (tertiary alicyclic amines) is 1. The first-order valence-electron chi connectivity index (χ1n) is 9.90. The fourth-order valence-electron chi connectivity index (χ4n) is 3.44. The highest BCUT2D eigenvalue weighted by Crippen LogP contribution is 2.21. The van der Waals surface area contributed by atoms with Crippen LogP contribution in [-0.2, 0) is 4.79 Å². The molecule has 1 fully saturated rings. The molecule has 2 amide bonds. The lowest BCUT2D eigenvalue weighted by atomic mass is 10.2. The second kappa shape index (κ2) is 8.67. The molecule has 0 radical (unpaired) electrons. The zero-order valence-electron chi connectivity index (χ0n) is 16.6. The molecule has 4 rings (SSSR count). The van der Waals surface area contributed by atoms with Crippen LogP contribution in [0.5, 0.6) is 0 Å². The maximum Gasteiger partial charge on any atom is 0.253 e. The Labute approximate surface area is 179 Å². The third kappa shape index (κ3) is 4.52. The van der Waals surface area contributed by atoms with E-state index in [4.69, 9.17) is 11.6 Å². The Kier molecular flexibility index (Phi) is 5.81. The highest BCUT2D eigenvalue weighted by atomic mass is 35.5. The van der Waals surface area contributed by atoms with Gasteiger partial charge >= 0.3 is 0 Å². The summed E-state index contributed by atoms with van der Waals surface area (Å²) in [6.45, 7) is 3.03. The average Bonchev–Trinajstić information content (AvgIpc) is 3.22. The first-order chi connectivity index (χ1) is 14.5. The van der Waals surface area contributed by atoms with Crippen LogP contribution in [0, 0.1) is 0 Å². The van der Waals surface area contributed by atoms with Crippen molar-refractivity contribution in [2.75, 3.05) is 23.7 Å². The van der Waals surface area contributed by atoms with E-state index in [-0.39, 0.29) is 17.9 Å². The number of hydrogen-bond acceptors (Lipinski definition) is 5. The minimum atomic E-state index is -0.0549. The molecule has 1 aliphatic heterocycles. The van der Waals surface area contributed by atoms with Gasteiger partial charge in [0, 0.05) is 53.4 Å². The largest absolute Gasteiger partial charge is 0.350 e. The molecule has 3 aromatic rings. The van der Waals surface area contributed by atoms with Crippen LogP contribution in [0.2, 0.25) is 5.02 Å². The molecule has 1 unspecified atom stereocenters. The third-order valence-corrected chi connectivity index (χ3v) is 5.33. The number of aromatic nitrogens is 2. The Morgan fingerprint density at radius 1 is 1.20 bits per heavy atom.